The first-order chi connectivity index (χ1) is 13.6. The molecule has 0 aromatic carbocycles. The number of piperidine rings is 1. The van der Waals surface area contributed by atoms with E-state index in [2.05, 4.69) is 15.5 Å². The minimum absolute atomic E-state index is 0.0459. The number of carbonyl (C=O) groups excluding carboxylic acids is 1. The Kier molecular flexibility index (Phi) is 5.79. The van der Waals surface area contributed by atoms with Crippen molar-refractivity contribution in [3.63, 3.8) is 0 Å². The van der Waals surface area contributed by atoms with Crippen LogP contribution in [-0.2, 0) is 14.8 Å². The van der Waals surface area contributed by atoms with Crippen LogP contribution in [0, 0.1) is 0 Å². The highest BCUT2D eigenvalue weighted by Gasteiger charge is 2.38. The lowest BCUT2D eigenvalue weighted by Gasteiger charge is -2.32. The van der Waals surface area contributed by atoms with Crippen LogP contribution in [0.1, 0.15) is 63.2 Å². The zero-order chi connectivity index (χ0) is 19.6. The van der Waals surface area contributed by atoms with Crippen LogP contribution in [0.3, 0.4) is 0 Å². The molecule has 2 aliphatic rings. The number of thiophene rings is 1. The van der Waals surface area contributed by atoms with E-state index in [1.165, 1.54) is 10.7 Å². The third-order valence-electron chi connectivity index (χ3n) is 5.44. The summed E-state index contributed by atoms with van der Waals surface area (Å²) in [5, 5.41) is 12.4. The van der Waals surface area contributed by atoms with E-state index in [4.69, 9.17) is 4.42 Å². The molecule has 0 spiro atoms. The van der Waals surface area contributed by atoms with Gasteiger partial charge in [-0.2, -0.15) is 4.31 Å². The van der Waals surface area contributed by atoms with Gasteiger partial charge in [0.15, 0.2) is 0 Å². The highest BCUT2D eigenvalue weighted by molar-refractivity contribution is 7.91. The molecule has 0 bridgehead atoms. The number of amides is 1. The van der Waals surface area contributed by atoms with Crippen LogP contribution in [0.15, 0.2) is 26.1 Å². The van der Waals surface area contributed by atoms with Gasteiger partial charge in [-0.25, -0.2) is 8.42 Å². The number of nitrogens with zero attached hydrogens (tertiary/aromatic N) is 3. The zero-order valence-electron chi connectivity index (χ0n) is 15.5. The van der Waals surface area contributed by atoms with Gasteiger partial charge in [0.25, 0.3) is 10.0 Å². The fourth-order valence-electron chi connectivity index (χ4n) is 3.97. The summed E-state index contributed by atoms with van der Waals surface area (Å²) in [4.78, 5) is 12.8. The number of anilines is 1. The van der Waals surface area contributed by atoms with E-state index in [9.17, 15) is 13.2 Å². The fraction of sp³-hybridized carbons (Fsp3) is 0.611. The SMILES string of the molecule is O=C(Nc1nnc(C2CCCCC2)o1)C1CCCCN1S(=O)(=O)c1cccs1. The van der Waals surface area contributed by atoms with Crippen molar-refractivity contribution in [2.45, 2.75) is 67.5 Å². The molecule has 0 radical (unpaired) electrons. The average Bonchev–Trinajstić information content (AvgIpc) is 3.41. The summed E-state index contributed by atoms with van der Waals surface area (Å²) in [5.41, 5.74) is 0. The Morgan fingerprint density at radius 2 is 1.93 bits per heavy atom. The Balaban J connectivity index is 1.48. The molecule has 3 heterocycles. The van der Waals surface area contributed by atoms with Crippen LogP contribution >= 0.6 is 11.3 Å². The largest absolute Gasteiger partial charge is 0.408 e. The first-order valence-corrected chi connectivity index (χ1v) is 12.1. The van der Waals surface area contributed by atoms with E-state index >= 15 is 0 Å². The van der Waals surface area contributed by atoms with E-state index < -0.39 is 22.0 Å². The van der Waals surface area contributed by atoms with Gasteiger partial charge in [0.2, 0.25) is 11.8 Å². The molecule has 1 atom stereocenters. The maximum Gasteiger partial charge on any atom is 0.322 e. The van der Waals surface area contributed by atoms with Gasteiger partial charge in [0.1, 0.15) is 10.3 Å². The van der Waals surface area contributed by atoms with E-state index in [0.29, 0.717) is 18.9 Å². The molecular weight excluding hydrogens is 400 g/mol. The van der Waals surface area contributed by atoms with E-state index in [0.717, 1.165) is 49.9 Å². The number of hydrogen-bond acceptors (Lipinski definition) is 7. The van der Waals surface area contributed by atoms with Gasteiger partial charge in [-0.05, 0) is 37.1 Å². The number of rotatable bonds is 5. The molecule has 152 valence electrons. The third kappa shape index (κ3) is 3.99. The average molecular weight is 425 g/mol. The number of nitrogens with one attached hydrogen (secondary N) is 1. The summed E-state index contributed by atoms with van der Waals surface area (Å²) in [6.45, 7) is 0.329. The molecule has 10 heteroatoms. The predicted molar refractivity (Wildman–Crippen MR) is 105 cm³/mol. The van der Waals surface area contributed by atoms with E-state index in [1.54, 1.807) is 17.5 Å². The number of sulfonamides is 1. The van der Waals surface area contributed by atoms with Gasteiger partial charge in [0.05, 0.1) is 0 Å². The summed E-state index contributed by atoms with van der Waals surface area (Å²) >= 11 is 1.16. The van der Waals surface area contributed by atoms with Gasteiger partial charge in [0, 0.05) is 12.5 Å². The second-order valence-corrected chi connectivity index (χ2v) is 10.4. The molecule has 2 fully saturated rings. The topological polar surface area (TPSA) is 105 Å². The van der Waals surface area contributed by atoms with Crippen LogP contribution in [0.2, 0.25) is 0 Å². The molecule has 1 amide bonds. The van der Waals surface area contributed by atoms with Gasteiger partial charge < -0.3 is 4.42 Å². The van der Waals surface area contributed by atoms with Crippen LogP contribution in [-0.4, -0.2) is 41.4 Å². The van der Waals surface area contributed by atoms with E-state index in [-0.39, 0.29) is 16.1 Å². The molecular formula is C18H24N4O4S2. The van der Waals surface area contributed by atoms with Crippen molar-refractivity contribution < 1.29 is 17.6 Å². The van der Waals surface area contributed by atoms with Gasteiger partial charge in [-0.3, -0.25) is 10.1 Å². The van der Waals surface area contributed by atoms with Crippen LogP contribution in [0.25, 0.3) is 0 Å². The molecule has 1 saturated heterocycles. The van der Waals surface area contributed by atoms with Crippen molar-refractivity contribution in [1.29, 1.82) is 0 Å². The molecule has 2 aromatic rings. The summed E-state index contributed by atoms with van der Waals surface area (Å²) in [6, 6.07) is 2.54. The predicted octanol–water partition coefficient (Wildman–Crippen LogP) is 3.36. The first kappa shape index (κ1) is 19.5. The molecule has 8 nitrogen and oxygen atoms in total. The Hall–Kier alpha value is -1.78. The molecule has 1 aliphatic heterocycles. The summed E-state index contributed by atoms with van der Waals surface area (Å²) in [7, 11) is -3.69. The lowest BCUT2D eigenvalue weighted by molar-refractivity contribution is -0.120. The lowest BCUT2D eigenvalue weighted by atomic mass is 9.89. The van der Waals surface area contributed by atoms with Crippen molar-refractivity contribution in [2.24, 2.45) is 0 Å². The van der Waals surface area contributed by atoms with Crippen molar-refractivity contribution in [3.8, 4) is 0 Å². The Morgan fingerprint density at radius 1 is 1.14 bits per heavy atom. The van der Waals surface area contributed by atoms with Crippen molar-refractivity contribution in [3.05, 3.63) is 23.4 Å². The highest BCUT2D eigenvalue weighted by Crippen LogP contribution is 2.33. The summed E-state index contributed by atoms with van der Waals surface area (Å²) in [5.74, 6) is 0.387. The molecule has 2 aromatic heterocycles. The van der Waals surface area contributed by atoms with E-state index in [1.807, 2.05) is 0 Å². The van der Waals surface area contributed by atoms with Gasteiger partial charge >= 0.3 is 6.01 Å². The smallest absolute Gasteiger partial charge is 0.322 e. The highest BCUT2D eigenvalue weighted by atomic mass is 32.2. The van der Waals surface area contributed by atoms with Crippen molar-refractivity contribution in [2.75, 3.05) is 11.9 Å². The van der Waals surface area contributed by atoms with Crippen LogP contribution in [0.5, 0.6) is 0 Å². The monoisotopic (exact) mass is 424 g/mol. The third-order valence-corrected chi connectivity index (χ3v) is 8.72. The number of aromatic nitrogens is 2. The standard InChI is InChI=1S/C18H24N4O4S2/c23-16(19-18-21-20-17(26-18)13-7-2-1-3-8-13)14-9-4-5-11-22(14)28(24,25)15-10-6-12-27-15/h6,10,12-14H,1-5,7-9,11H2,(H,19,21,23). The second-order valence-electron chi connectivity index (χ2n) is 7.33. The molecule has 1 aliphatic carbocycles. The molecule has 28 heavy (non-hydrogen) atoms. The maximum atomic E-state index is 12.9. The maximum absolute atomic E-state index is 12.9. The second kappa shape index (κ2) is 8.30. The molecule has 1 unspecified atom stereocenters. The van der Waals surface area contributed by atoms with Crippen LogP contribution in [0.4, 0.5) is 6.01 Å². The number of carbonyl (C=O) groups is 1. The summed E-state index contributed by atoms with van der Waals surface area (Å²) < 4.78 is 33.1. The summed E-state index contributed by atoms with van der Waals surface area (Å²) in [6.07, 6.45) is 7.56. The van der Waals surface area contributed by atoms with Crippen molar-refractivity contribution >= 4 is 33.3 Å². The number of hydrogen-bond donors (Lipinski definition) is 1. The fourth-order valence-corrected chi connectivity index (χ4v) is 6.74. The Labute approximate surface area is 168 Å². The quantitative estimate of drug-likeness (QED) is 0.789. The first-order valence-electron chi connectivity index (χ1n) is 9.75. The molecule has 4 rings (SSSR count). The Bertz CT molecular complexity index is 904. The van der Waals surface area contributed by atoms with Gasteiger partial charge in [-0.1, -0.05) is 36.8 Å². The molecule has 1 N–H and O–H groups in total. The van der Waals surface area contributed by atoms with Crippen LogP contribution < -0.4 is 5.32 Å². The normalized spacial score (nSPS) is 22.2. The Morgan fingerprint density at radius 3 is 2.68 bits per heavy atom. The zero-order valence-corrected chi connectivity index (χ0v) is 17.2. The minimum Gasteiger partial charge on any atom is -0.408 e. The minimum atomic E-state index is -3.69. The van der Waals surface area contributed by atoms with Crippen molar-refractivity contribution in [1.82, 2.24) is 14.5 Å². The van der Waals surface area contributed by atoms with Gasteiger partial charge in [-0.15, -0.1) is 16.4 Å². The lowest BCUT2D eigenvalue weighted by Crippen LogP contribution is -2.49. The molecule has 1 saturated carbocycles.